The lowest BCUT2D eigenvalue weighted by molar-refractivity contribution is -0.144. The smallest absolute Gasteiger partial charge is 0.327 e. The Morgan fingerprint density at radius 1 is 1.12 bits per heavy atom. The third-order valence-electron chi connectivity index (χ3n) is 6.26. The van der Waals surface area contributed by atoms with Gasteiger partial charge in [-0.25, -0.2) is 9.78 Å². The Hall–Kier alpha value is -2.80. The second-order valence-electron chi connectivity index (χ2n) is 10.1. The lowest BCUT2D eigenvalue weighted by Crippen LogP contribution is -2.32. The molecule has 2 atom stereocenters. The van der Waals surface area contributed by atoms with E-state index in [1.54, 1.807) is 11.8 Å². The van der Waals surface area contributed by atoms with Crippen LogP contribution in [0, 0.1) is 11.3 Å². The number of amides is 1. The van der Waals surface area contributed by atoms with Crippen molar-refractivity contribution in [3.05, 3.63) is 60.2 Å². The van der Waals surface area contributed by atoms with Crippen molar-refractivity contribution in [2.75, 3.05) is 12.3 Å². The summed E-state index contributed by atoms with van der Waals surface area (Å²) in [5.74, 6) is 0.351. The fourth-order valence-corrected chi connectivity index (χ4v) is 5.50. The average molecular weight is 480 g/mol. The molecule has 1 amide bonds. The Morgan fingerprint density at radius 3 is 2.44 bits per heavy atom. The lowest BCUT2D eigenvalue weighted by atomic mass is 9.86. The fraction of sp³-hybridized carbons (Fsp3) is 0.444. The van der Waals surface area contributed by atoms with E-state index in [2.05, 4.69) is 5.32 Å². The number of nitrogens with one attached hydrogen (secondary N) is 1. The first-order chi connectivity index (χ1) is 16.3. The third kappa shape index (κ3) is 5.46. The molecule has 0 saturated heterocycles. The molecule has 6 nitrogen and oxygen atoms in total. The number of thioether (sulfide) groups is 1. The number of benzene rings is 2. The van der Waals surface area contributed by atoms with Crippen molar-refractivity contribution in [3.63, 3.8) is 0 Å². The summed E-state index contributed by atoms with van der Waals surface area (Å²) >= 11 is 1.55. The molecule has 0 bridgehead atoms. The predicted octanol–water partition coefficient (Wildman–Crippen LogP) is 5.50. The zero-order chi connectivity index (χ0) is 24.3. The van der Waals surface area contributed by atoms with Gasteiger partial charge in [0.05, 0.1) is 17.0 Å². The Morgan fingerprint density at radius 2 is 1.79 bits per heavy atom. The molecule has 1 heterocycles. The van der Waals surface area contributed by atoms with E-state index in [1.165, 1.54) is 0 Å². The summed E-state index contributed by atoms with van der Waals surface area (Å²) < 4.78 is 1.86. The van der Waals surface area contributed by atoms with Crippen LogP contribution in [-0.4, -0.2) is 38.8 Å². The zero-order valence-corrected chi connectivity index (χ0v) is 20.8. The molecule has 1 fully saturated rings. The number of hydrogen-bond acceptors (Lipinski definition) is 4. The first-order valence-corrected chi connectivity index (χ1v) is 12.9. The maximum atomic E-state index is 12.9. The summed E-state index contributed by atoms with van der Waals surface area (Å²) in [4.78, 5) is 29.9. The number of nitrogens with zero attached hydrogens (tertiary/aromatic N) is 2. The van der Waals surface area contributed by atoms with Crippen LogP contribution in [0.25, 0.3) is 11.0 Å². The number of aromatic nitrogens is 2. The number of carbonyl (C=O) groups excluding carboxylic acids is 1. The Kier molecular flexibility index (Phi) is 7.31. The number of fused-ring (bicyclic) bond motifs is 1. The van der Waals surface area contributed by atoms with Gasteiger partial charge >= 0.3 is 5.97 Å². The average Bonchev–Trinajstić information content (AvgIpc) is 3.55. The highest BCUT2D eigenvalue weighted by Gasteiger charge is 2.37. The van der Waals surface area contributed by atoms with Gasteiger partial charge in [0.25, 0.3) is 0 Å². The molecule has 1 aliphatic rings. The Bertz CT molecular complexity index is 1150. The van der Waals surface area contributed by atoms with Crippen LogP contribution >= 0.6 is 11.8 Å². The van der Waals surface area contributed by atoms with Gasteiger partial charge < -0.3 is 15.0 Å². The molecular formula is C27H33N3O3S. The minimum absolute atomic E-state index is 0.0684. The molecule has 4 rings (SSSR count). The van der Waals surface area contributed by atoms with E-state index in [0.29, 0.717) is 17.6 Å². The molecule has 2 unspecified atom stereocenters. The van der Waals surface area contributed by atoms with Crippen molar-refractivity contribution < 1.29 is 14.7 Å². The summed E-state index contributed by atoms with van der Waals surface area (Å²) in [7, 11) is 0. The van der Waals surface area contributed by atoms with Crippen molar-refractivity contribution in [1.29, 1.82) is 0 Å². The van der Waals surface area contributed by atoms with Crippen LogP contribution in [-0.2, 0) is 9.59 Å². The number of hydrogen-bond donors (Lipinski definition) is 2. The first-order valence-electron chi connectivity index (χ1n) is 11.9. The van der Waals surface area contributed by atoms with Crippen molar-refractivity contribution in [3.8, 4) is 0 Å². The molecule has 2 aromatic carbocycles. The summed E-state index contributed by atoms with van der Waals surface area (Å²) in [5.41, 5.74) is 2.24. The van der Waals surface area contributed by atoms with E-state index in [9.17, 15) is 14.7 Å². The fourth-order valence-electron chi connectivity index (χ4n) is 4.53. The molecule has 0 spiro atoms. The predicted molar refractivity (Wildman–Crippen MR) is 136 cm³/mol. The number of carboxylic acids is 1. The van der Waals surface area contributed by atoms with Crippen molar-refractivity contribution in [2.24, 2.45) is 11.3 Å². The minimum Gasteiger partial charge on any atom is -0.480 e. The van der Waals surface area contributed by atoms with Crippen LogP contribution in [0.5, 0.6) is 0 Å². The van der Waals surface area contributed by atoms with Gasteiger partial charge in [0.2, 0.25) is 5.91 Å². The monoisotopic (exact) mass is 479 g/mol. The van der Waals surface area contributed by atoms with Crippen molar-refractivity contribution in [2.45, 2.75) is 57.1 Å². The van der Waals surface area contributed by atoms with Crippen LogP contribution in [0.15, 0.2) is 59.8 Å². The molecule has 0 aliphatic heterocycles. The van der Waals surface area contributed by atoms with Crippen LogP contribution in [0.4, 0.5) is 0 Å². The molecule has 1 saturated carbocycles. The van der Waals surface area contributed by atoms with E-state index in [-0.39, 0.29) is 11.8 Å². The van der Waals surface area contributed by atoms with Crippen molar-refractivity contribution in [1.82, 2.24) is 14.9 Å². The van der Waals surface area contributed by atoms with E-state index in [4.69, 9.17) is 4.98 Å². The minimum atomic E-state index is -0.864. The van der Waals surface area contributed by atoms with E-state index >= 15 is 0 Å². The van der Waals surface area contributed by atoms with Crippen LogP contribution < -0.4 is 5.32 Å². The SMILES string of the molecule is CC(C)(C)C(C(=O)O)n1c(SCCCNC(=O)C(c2ccccc2)C2CC2)nc2ccccc21. The number of aliphatic carboxylic acids is 1. The summed E-state index contributed by atoms with van der Waals surface area (Å²) in [6.45, 7) is 6.40. The van der Waals surface area contributed by atoms with E-state index in [0.717, 1.165) is 41.6 Å². The Balaban J connectivity index is 1.40. The number of carboxylic acid groups (broad SMARTS) is 1. The molecule has 180 valence electrons. The quantitative estimate of drug-likeness (QED) is 0.296. The molecule has 2 N–H and O–H groups in total. The first kappa shape index (κ1) is 24.3. The van der Waals surface area contributed by atoms with E-state index < -0.39 is 17.4 Å². The molecule has 0 radical (unpaired) electrons. The number of carbonyl (C=O) groups is 2. The second-order valence-corrected chi connectivity index (χ2v) is 11.1. The van der Waals surface area contributed by atoms with Crippen LogP contribution in [0.3, 0.4) is 0 Å². The largest absolute Gasteiger partial charge is 0.480 e. The van der Waals surface area contributed by atoms with Gasteiger partial charge in [-0.1, -0.05) is 75.0 Å². The standard InChI is InChI=1S/C27H33N3O3S/c1-27(2,3)23(25(32)33)30-21-13-8-7-12-20(21)29-26(30)34-17-9-16-28-24(31)22(19-14-15-19)18-10-5-4-6-11-18/h4-8,10-13,19,22-23H,9,14-17H2,1-3H3,(H,28,31)(H,32,33). The number of imidazole rings is 1. The molecule has 3 aromatic rings. The third-order valence-corrected chi connectivity index (χ3v) is 7.30. The molecule has 7 heteroatoms. The highest BCUT2D eigenvalue weighted by Crippen LogP contribution is 2.42. The molecule has 1 aromatic heterocycles. The van der Waals surface area contributed by atoms with Gasteiger partial charge in [0.1, 0.15) is 6.04 Å². The highest BCUT2D eigenvalue weighted by molar-refractivity contribution is 7.99. The maximum Gasteiger partial charge on any atom is 0.327 e. The summed E-state index contributed by atoms with van der Waals surface area (Å²) in [5, 5.41) is 13.9. The van der Waals surface area contributed by atoms with E-state index in [1.807, 2.05) is 79.9 Å². The van der Waals surface area contributed by atoms with Gasteiger partial charge in [-0.05, 0) is 48.3 Å². The maximum absolute atomic E-state index is 12.9. The molecule has 34 heavy (non-hydrogen) atoms. The Labute approximate surface area is 205 Å². The second kappa shape index (κ2) is 10.2. The van der Waals surface area contributed by atoms with Gasteiger partial charge in [0, 0.05) is 12.3 Å². The van der Waals surface area contributed by atoms with Crippen molar-refractivity contribution >= 4 is 34.7 Å². The van der Waals surface area contributed by atoms with Gasteiger partial charge in [-0.3, -0.25) is 4.79 Å². The van der Waals surface area contributed by atoms with Gasteiger partial charge in [-0.2, -0.15) is 0 Å². The van der Waals surface area contributed by atoms with Gasteiger partial charge in [-0.15, -0.1) is 0 Å². The number of rotatable bonds is 10. The van der Waals surface area contributed by atoms with Crippen LogP contribution in [0.2, 0.25) is 0 Å². The van der Waals surface area contributed by atoms with Gasteiger partial charge in [0.15, 0.2) is 5.16 Å². The number of para-hydroxylation sites is 2. The summed E-state index contributed by atoms with van der Waals surface area (Å²) in [6, 6.07) is 17.0. The highest BCUT2D eigenvalue weighted by atomic mass is 32.2. The van der Waals surface area contributed by atoms with Crippen LogP contribution in [0.1, 0.15) is 57.6 Å². The molecule has 1 aliphatic carbocycles. The summed E-state index contributed by atoms with van der Waals surface area (Å²) in [6.07, 6.45) is 2.99. The topological polar surface area (TPSA) is 84.2 Å². The normalized spacial score (nSPS) is 15.7. The molecular weight excluding hydrogens is 446 g/mol. The lowest BCUT2D eigenvalue weighted by Gasteiger charge is -2.29. The zero-order valence-electron chi connectivity index (χ0n) is 20.0.